The first-order valence-corrected chi connectivity index (χ1v) is 9.02. The van der Waals surface area contributed by atoms with E-state index < -0.39 is 11.1 Å². The van der Waals surface area contributed by atoms with Crippen molar-refractivity contribution in [2.24, 2.45) is 0 Å². The minimum absolute atomic E-state index is 0.0725. The largest absolute Gasteiger partial charge is 0.513 e. The van der Waals surface area contributed by atoms with Crippen molar-refractivity contribution in [2.45, 2.75) is 59.5 Å². The summed E-state index contributed by atoms with van der Waals surface area (Å²) in [4.78, 5) is 21.6. The average Bonchev–Trinajstić information content (AvgIpc) is 2.65. The highest BCUT2D eigenvalue weighted by Gasteiger charge is 2.19. The van der Waals surface area contributed by atoms with Gasteiger partial charge in [-0.3, -0.25) is 10.1 Å². The molecule has 0 aromatic heterocycles. The number of hydrogen-bond acceptors (Lipinski definition) is 7. The molecule has 1 N–H and O–H groups in total. The molecular weight excluding hydrogens is 354 g/mol. The molecule has 0 atom stereocenters. The Bertz CT molecular complexity index is 515. The maximum Gasteiger partial charge on any atom is 0.513 e. The van der Waals surface area contributed by atoms with Crippen molar-refractivity contribution in [3.05, 3.63) is 34.4 Å². The van der Waals surface area contributed by atoms with Crippen molar-refractivity contribution >= 4 is 11.8 Å². The van der Waals surface area contributed by atoms with E-state index in [1.165, 1.54) is 24.3 Å². The van der Waals surface area contributed by atoms with Crippen molar-refractivity contribution in [3.8, 4) is 5.75 Å². The number of nitro benzene ring substituents is 1. The summed E-state index contributed by atoms with van der Waals surface area (Å²) in [5, 5.41) is 17.5. The summed E-state index contributed by atoms with van der Waals surface area (Å²) in [6, 6.07) is 5.20. The molecule has 0 radical (unpaired) electrons. The highest BCUT2D eigenvalue weighted by atomic mass is 16.7. The maximum absolute atomic E-state index is 11.6. The van der Waals surface area contributed by atoms with E-state index in [1.54, 1.807) is 0 Å². The number of unbranched alkanes of at least 4 members (excludes halogenated alkanes) is 1. The van der Waals surface area contributed by atoms with Crippen LogP contribution in [0.25, 0.3) is 0 Å². The first-order valence-electron chi connectivity index (χ1n) is 9.02. The first kappa shape index (κ1) is 27.0. The Hall–Kier alpha value is -2.19. The van der Waals surface area contributed by atoms with Gasteiger partial charge in [0.1, 0.15) is 5.75 Å². The molecule has 8 heteroatoms. The molecule has 0 aliphatic rings. The van der Waals surface area contributed by atoms with Crippen molar-refractivity contribution in [3.63, 3.8) is 0 Å². The maximum atomic E-state index is 11.6. The number of nitrogens with zero attached hydrogens (tertiary/aromatic N) is 1. The molecule has 0 aliphatic heterocycles. The molecule has 1 aromatic rings. The van der Waals surface area contributed by atoms with E-state index in [4.69, 9.17) is 19.3 Å². The molecule has 0 saturated heterocycles. The van der Waals surface area contributed by atoms with Gasteiger partial charge in [0.15, 0.2) is 0 Å². The smallest absolute Gasteiger partial charge is 0.434 e. The van der Waals surface area contributed by atoms with Crippen molar-refractivity contribution in [1.29, 1.82) is 0 Å². The highest BCUT2D eigenvalue weighted by molar-refractivity contribution is 5.63. The minimum atomic E-state index is -0.844. The van der Waals surface area contributed by atoms with Crippen LogP contribution >= 0.6 is 0 Å². The lowest BCUT2D eigenvalue weighted by Crippen LogP contribution is -2.27. The van der Waals surface area contributed by atoms with Crippen LogP contribution in [0.4, 0.5) is 10.5 Å². The normalized spacial score (nSPS) is 9.89. The fraction of sp³-hybridized carbons (Fsp3) is 0.632. The van der Waals surface area contributed by atoms with Gasteiger partial charge in [-0.2, -0.15) is 0 Å². The summed E-state index contributed by atoms with van der Waals surface area (Å²) in [6.45, 7) is 10.8. The molecular formula is C19H33NO7. The van der Waals surface area contributed by atoms with Crippen molar-refractivity contribution in [2.75, 3.05) is 20.3 Å². The molecule has 0 spiro atoms. The Morgan fingerprint density at radius 3 is 2.19 bits per heavy atom. The molecule has 8 nitrogen and oxygen atoms in total. The minimum Gasteiger partial charge on any atom is -0.434 e. The Labute approximate surface area is 161 Å². The van der Waals surface area contributed by atoms with E-state index in [2.05, 4.69) is 6.92 Å². The van der Waals surface area contributed by atoms with Crippen LogP contribution in [0.3, 0.4) is 0 Å². The van der Waals surface area contributed by atoms with E-state index in [1.807, 2.05) is 27.7 Å². The second-order valence-corrected chi connectivity index (χ2v) is 5.66. The van der Waals surface area contributed by atoms with Gasteiger partial charge in [-0.05, 0) is 32.4 Å². The molecule has 1 rings (SSSR count). The zero-order chi connectivity index (χ0) is 21.3. The van der Waals surface area contributed by atoms with E-state index >= 15 is 0 Å². The molecule has 0 heterocycles. The van der Waals surface area contributed by atoms with Crippen molar-refractivity contribution < 1.29 is 29.0 Å². The fourth-order valence-electron chi connectivity index (χ4n) is 1.71. The number of ether oxygens (including phenoxy) is 3. The SMILES string of the molecule is CC.CCCCOC(C)(C)CCOC(=O)Oc1ccc([N+](=O)[O-])cc1.CO. The van der Waals surface area contributed by atoms with Gasteiger partial charge >= 0.3 is 6.16 Å². The Kier molecular flexibility index (Phi) is 16.0. The number of hydrogen-bond donors (Lipinski definition) is 1. The topological polar surface area (TPSA) is 108 Å². The van der Waals surface area contributed by atoms with E-state index in [0.717, 1.165) is 20.0 Å². The number of benzene rings is 1. The third kappa shape index (κ3) is 13.6. The second kappa shape index (κ2) is 16.0. The van der Waals surface area contributed by atoms with Gasteiger partial charge in [0, 0.05) is 32.3 Å². The van der Waals surface area contributed by atoms with Crippen molar-refractivity contribution in [1.82, 2.24) is 0 Å². The Balaban J connectivity index is 0. The first-order chi connectivity index (χ1) is 12.8. The molecule has 0 bridgehead atoms. The summed E-state index contributed by atoms with van der Waals surface area (Å²) in [5.41, 5.74) is -0.445. The molecule has 1 aromatic carbocycles. The predicted octanol–water partition coefficient (Wildman–Crippen LogP) is 4.73. The highest BCUT2D eigenvalue weighted by Crippen LogP contribution is 2.18. The fourth-order valence-corrected chi connectivity index (χ4v) is 1.71. The molecule has 0 amide bonds. The summed E-state index contributed by atoms with van der Waals surface area (Å²) >= 11 is 0. The molecule has 156 valence electrons. The van der Waals surface area contributed by atoms with Crippen LogP contribution in [0.5, 0.6) is 5.75 Å². The molecule has 0 saturated carbocycles. The quantitative estimate of drug-likeness (QED) is 0.214. The number of aliphatic hydroxyl groups excluding tert-OH is 1. The van der Waals surface area contributed by atoms with Gasteiger partial charge in [0.2, 0.25) is 0 Å². The molecule has 0 fully saturated rings. The van der Waals surface area contributed by atoms with Gasteiger partial charge in [0.25, 0.3) is 5.69 Å². The van der Waals surface area contributed by atoms with Crippen LogP contribution in [-0.2, 0) is 9.47 Å². The zero-order valence-electron chi connectivity index (χ0n) is 17.2. The standard InChI is InChI=1S/C16H23NO6.C2H6.CH4O/c1-4-5-11-22-16(2,3)10-12-21-15(18)23-14-8-6-13(7-9-14)17(19)20;2*1-2/h6-9H,4-5,10-12H2,1-3H3;1-2H3;2H,1H3. The summed E-state index contributed by atoms with van der Waals surface area (Å²) in [6.07, 6.45) is 1.76. The number of aliphatic hydroxyl groups is 1. The summed E-state index contributed by atoms with van der Waals surface area (Å²) in [7, 11) is 1.00. The molecule has 0 aliphatic carbocycles. The lowest BCUT2D eigenvalue weighted by molar-refractivity contribution is -0.384. The number of non-ortho nitro benzene ring substituents is 1. The second-order valence-electron chi connectivity index (χ2n) is 5.66. The number of rotatable bonds is 9. The predicted molar refractivity (Wildman–Crippen MR) is 104 cm³/mol. The Morgan fingerprint density at radius 2 is 1.70 bits per heavy atom. The summed E-state index contributed by atoms with van der Waals surface area (Å²) < 4.78 is 15.6. The zero-order valence-corrected chi connectivity index (χ0v) is 17.2. The van der Waals surface area contributed by atoms with Gasteiger partial charge < -0.3 is 19.3 Å². The van der Waals surface area contributed by atoms with Crippen LogP contribution in [-0.4, -0.2) is 42.1 Å². The third-order valence-electron chi connectivity index (χ3n) is 3.16. The van der Waals surface area contributed by atoms with E-state index in [-0.39, 0.29) is 23.6 Å². The average molecular weight is 387 g/mol. The number of carbonyl (C=O) groups is 1. The van der Waals surface area contributed by atoms with Gasteiger partial charge in [0.05, 0.1) is 17.1 Å². The van der Waals surface area contributed by atoms with Crippen LogP contribution in [0.1, 0.15) is 53.9 Å². The lowest BCUT2D eigenvalue weighted by Gasteiger charge is -2.24. The van der Waals surface area contributed by atoms with Gasteiger partial charge in [-0.25, -0.2) is 4.79 Å². The number of nitro groups is 1. The lowest BCUT2D eigenvalue weighted by atomic mass is 10.1. The van der Waals surface area contributed by atoms with E-state index in [0.29, 0.717) is 13.0 Å². The summed E-state index contributed by atoms with van der Waals surface area (Å²) in [5.74, 6) is 0.194. The third-order valence-corrected chi connectivity index (χ3v) is 3.16. The molecule has 0 unspecified atom stereocenters. The van der Waals surface area contributed by atoms with Crippen LogP contribution in [0, 0.1) is 10.1 Å². The van der Waals surface area contributed by atoms with Crippen LogP contribution < -0.4 is 4.74 Å². The Morgan fingerprint density at radius 1 is 1.15 bits per heavy atom. The van der Waals surface area contributed by atoms with Crippen LogP contribution in [0.15, 0.2) is 24.3 Å². The van der Waals surface area contributed by atoms with Gasteiger partial charge in [-0.1, -0.05) is 27.2 Å². The van der Waals surface area contributed by atoms with Gasteiger partial charge in [-0.15, -0.1) is 0 Å². The molecule has 27 heavy (non-hydrogen) atoms. The number of carbonyl (C=O) groups excluding carboxylic acids is 1. The monoisotopic (exact) mass is 387 g/mol. The van der Waals surface area contributed by atoms with E-state index in [9.17, 15) is 14.9 Å². The van der Waals surface area contributed by atoms with Crippen LogP contribution in [0.2, 0.25) is 0 Å².